The Balaban J connectivity index is 2.15. The van der Waals surface area contributed by atoms with Crippen LogP contribution in [0.3, 0.4) is 0 Å². The molecule has 106 valence electrons. The monoisotopic (exact) mass is 283 g/mol. The van der Waals surface area contributed by atoms with E-state index in [1.807, 2.05) is 0 Å². The summed E-state index contributed by atoms with van der Waals surface area (Å²) in [5, 5.41) is 12.3. The van der Waals surface area contributed by atoms with Crippen molar-refractivity contribution in [3.8, 4) is 11.5 Å². The Kier molecular flexibility index (Phi) is 4.02. The highest BCUT2D eigenvalue weighted by Gasteiger charge is 2.10. The number of phenols is 1. The molecule has 3 nitrogen and oxygen atoms in total. The van der Waals surface area contributed by atoms with Crippen molar-refractivity contribution in [3.63, 3.8) is 0 Å². The molecule has 0 amide bonds. The van der Waals surface area contributed by atoms with E-state index in [9.17, 15) is 18.3 Å². The van der Waals surface area contributed by atoms with Crippen molar-refractivity contribution < 1.29 is 23.0 Å². The van der Waals surface area contributed by atoms with Crippen LogP contribution in [0.4, 0.5) is 18.9 Å². The highest BCUT2D eigenvalue weighted by atomic mass is 19.2. The van der Waals surface area contributed by atoms with Gasteiger partial charge in [0.1, 0.15) is 17.3 Å². The molecule has 0 atom stereocenters. The van der Waals surface area contributed by atoms with Gasteiger partial charge in [0.15, 0.2) is 11.6 Å². The molecule has 0 saturated carbocycles. The number of hydrogen-bond acceptors (Lipinski definition) is 3. The smallest absolute Gasteiger partial charge is 0.161 e. The fourth-order valence-corrected chi connectivity index (χ4v) is 1.67. The Morgan fingerprint density at radius 3 is 2.40 bits per heavy atom. The van der Waals surface area contributed by atoms with Gasteiger partial charge in [0.25, 0.3) is 0 Å². The summed E-state index contributed by atoms with van der Waals surface area (Å²) >= 11 is 0. The number of phenolic OH excluding ortho intramolecular Hbond substituents is 1. The second kappa shape index (κ2) is 5.73. The minimum Gasteiger partial charge on any atom is -0.507 e. The summed E-state index contributed by atoms with van der Waals surface area (Å²) in [6, 6.07) is 5.80. The fourth-order valence-electron chi connectivity index (χ4n) is 1.67. The van der Waals surface area contributed by atoms with Crippen LogP contribution in [0.1, 0.15) is 5.56 Å². The molecule has 0 bridgehead atoms. The van der Waals surface area contributed by atoms with Crippen LogP contribution >= 0.6 is 0 Å². The maximum absolute atomic E-state index is 13.4. The van der Waals surface area contributed by atoms with E-state index in [1.54, 1.807) is 12.1 Å². The Morgan fingerprint density at radius 1 is 1.05 bits per heavy atom. The summed E-state index contributed by atoms with van der Waals surface area (Å²) in [5.74, 6) is -2.87. The van der Waals surface area contributed by atoms with Gasteiger partial charge in [-0.3, -0.25) is 0 Å². The van der Waals surface area contributed by atoms with E-state index in [-0.39, 0.29) is 18.0 Å². The van der Waals surface area contributed by atoms with E-state index in [2.05, 4.69) is 5.32 Å². The predicted octanol–water partition coefficient (Wildman–Crippen LogP) is 3.43. The Morgan fingerprint density at radius 2 is 1.75 bits per heavy atom. The van der Waals surface area contributed by atoms with Crippen molar-refractivity contribution in [1.82, 2.24) is 0 Å². The molecule has 0 aromatic heterocycles. The average molecular weight is 283 g/mol. The van der Waals surface area contributed by atoms with Crippen LogP contribution in [-0.2, 0) is 6.54 Å². The van der Waals surface area contributed by atoms with Crippen molar-refractivity contribution >= 4 is 5.69 Å². The third kappa shape index (κ3) is 2.96. The molecule has 0 unspecified atom stereocenters. The summed E-state index contributed by atoms with van der Waals surface area (Å²) < 4.78 is 44.1. The number of aromatic hydroxyl groups is 1. The van der Waals surface area contributed by atoms with Crippen molar-refractivity contribution in [2.75, 3.05) is 12.4 Å². The third-order valence-electron chi connectivity index (χ3n) is 2.77. The first-order chi connectivity index (χ1) is 9.51. The molecule has 0 spiro atoms. The molecular weight excluding hydrogens is 271 g/mol. The van der Waals surface area contributed by atoms with Gasteiger partial charge in [0.2, 0.25) is 0 Å². The molecule has 0 aliphatic rings. The first-order valence-electron chi connectivity index (χ1n) is 5.75. The zero-order chi connectivity index (χ0) is 14.7. The van der Waals surface area contributed by atoms with E-state index < -0.39 is 17.5 Å². The molecule has 0 aliphatic carbocycles. The van der Waals surface area contributed by atoms with Crippen LogP contribution in [0.5, 0.6) is 11.5 Å². The number of ether oxygens (including phenoxy) is 1. The van der Waals surface area contributed by atoms with E-state index in [0.29, 0.717) is 17.4 Å². The van der Waals surface area contributed by atoms with Crippen LogP contribution in [0.2, 0.25) is 0 Å². The standard InChI is InChI=1S/C14H12F3NO2/c1-20-9-3-2-8(14(19)4-9)7-18-13-6-11(16)10(15)5-12(13)17/h2-6,18-19H,7H2,1H3. The SMILES string of the molecule is COc1ccc(CNc2cc(F)c(F)cc2F)c(O)c1. The predicted molar refractivity (Wildman–Crippen MR) is 68.3 cm³/mol. The van der Waals surface area contributed by atoms with Crippen molar-refractivity contribution in [2.24, 2.45) is 0 Å². The maximum atomic E-state index is 13.4. The second-order valence-corrected chi connectivity index (χ2v) is 4.09. The van der Waals surface area contributed by atoms with Crippen LogP contribution in [0.15, 0.2) is 30.3 Å². The maximum Gasteiger partial charge on any atom is 0.161 e. The molecule has 0 heterocycles. The molecule has 0 aliphatic heterocycles. The molecule has 0 fully saturated rings. The highest BCUT2D eigenvalue weighted by Crippen LogP contribution is 2.25. The Bertz CT molecular complexity index is 632. The quantitative estimate of drug-likeness (QED) is 0.845. The minimum atomic E-state index is -1.25. The number of hydrogen-bond donors (Lipinski definition) is 2. The number of rotatable bonds is 4. The van der Waals surface area contributed by atoms with Crippen molar-refractivity contribution in [1.29, 1.82) is 0 Å². The van der Waals surface area contributed by atoms with Gasteiger partial charge in [0.05, 0.1) is 12.8 Å². The number of benzene rings is 2. The van der Waals surface area contributed by atoms with E-state index in [4.69, 9.17) is 4.74 Å². The molecule has 20 heavy (non-hydrogen) atoms. The van der Waals surface area contributed by atoms with Gasteiger partial charge in [-0.05, 0) is 12.1 Å². The lowest BCUT2D eigenvalue weighted by molar-refractivity contribution is 0.406. The second-order valence-electron chi connectivity index (χ2n) is 4.09. The number of nitrogens with one attached hydrogen (secondary N) is 1. The van der Waals surface area contributed by atoms with E-state index in [1.165, 1.54) is 13.2 Å². The molecule has 2 rings (SSSR count). The molecule has 0 saturated heterocycles. The van der Waals surface area contributed by atoms with E-state index >= 15 is 0 Å². The van der Waals surface area contributed by atoms with Crippen LogP contribution < -0.4 is 10.1 Å². The molecular formula is C14H12F3NO2. The van der Waals surface area contributed by atoms with Gasteiger partial charge >= 0.3 is 0 Å². The first kappa shape index (κ1) is 14.0. The normalized spacial score (nSPS) is 10.4. The zero-order valence-corrected chi connectivity index (χ0v) is 10.6. The summed E-state index contributed by atoms with van der Waals surface area (Å²) in [4.78, 5) is 0. The minimum absolute atomic E-state index is 0.0418. The molecule has 2 N–H and O–H groups in total. The number of halogens is 3. The molecule has 2 aromatic rings. The van der Waals surface area contributed by atoms with Gasteiger partial charge in [-0.1, -0.05) is 0 Å². The lowest BCUT2D eigenvalue weighted by atomic mass is 10.2. The van der Waals surface area contributed by atoms with E-state index in [0.717, 1.165) is 6.07 Å². The average Bonchev–Trinajstić information content (AvgIpc) is 2.42. The van der Waals surface area contributed by atoms with Gasteiger partial charge in [-0.25, -0.2) is 13.2 Å². The fraction of sp³-hybridized carbons (Fsp3) is 0.143. The van der Waals surface area contributed by atoms with Gasteiger partial charge in [-0.15, -0.1) is 0 Å². The summed E-state index contributed by atoms with van der Waals surface area (Å²) in [6.45, 7) is 0.0534. The number of methoxy groups -OCH3 is 1. The lowest BCUT2D eigenvalue weighted by Crippen LogP contribution is -2.03. The lowest BCUT2D eigenvalue weighted by Gasteiger charge is -2.10. The summed E-state index contributed by atoms with van der Waals surface area (Å²) in [7, 11) is 1.46. The highest BCUT2D eigenvalue weighted by molar-refractivity contribution is 5.48. The number of anilines is 1. The summed E-state index contributed by atoms with van der Waals surface area (Å²) in [5.41, 5.74) is 0.286. The van der Waals surface area contributed by atoms with Crippen molar-refractivity contribution in [3.05, 3.63) is 53.3 Å². The summed E-state index contributed by atoms with van der Waals surface area (Å²) in [6.07, 6.45) is 0. The van der Waals surface area contributed by atoms with Gasteiger partial charge in [0, 0.05) is 30.3 Å². The zero-order valence-electron chi connectivity index (χ0n) is 10.6. The van der Waals surface area contributed by atoms with Crippen molar-refractivity contribution in [2.45, 2.75) is 6.54 Å². The van der Waals surface area contributed by atoms with Crippen LogP contribution in [0, 0.1) is 17.5 Å². The van der Waals surface area contributed by atoms with Gasteiger partial charge in [-0.2, -0.15) is 0 Å². The van der Waals surface area contributed by atoms with Gasteiger partial charge < -0.3 is 15.2 Å². The van der Waals surface area contributed by atoms with Crippen LogP contribution in [-0.4, -0.2) is 12.2 Å². The van der Waals surface area contributed by atoms with Crippen LogP contribution in [0.25, 0.3) is 0 Å². The Labute approximate surface area is 113 Å². The molecule has 2 aromatic carbocycles. The molecule has 0 radical (unpaired) electrons. The Hall–Kier alpha value is -2.37. The molecule has 6 heteroatoms. The first-order valence-corrected chi connectivity index (χ1v) is 5.75. The largest absolute Gasteiger partial charge is 0.507 e. The third-order valence-corrected chi connectivity index (χ3v) is 2.77. The topological polar surface area (TPSA) is 41.5 Å².